The van der Waals surface area contributed by atoms with E-state index in [0.717, 1.165) is 17.1 Å². The van der Waals surface area contributed by atoms with Gasteiger partial charge in [0.1, 0.15) is 18.4 Å². The van der Waals surface area contributed by atoms with Gasteiger partial charge in [-0.3, -0.25) is 9.59 Å². The number of carbonyl (C=O) groups excluding carboxylic acids is 2. The number of likely N-dealkylation sites (N-methyl/N-ethyl adjacent to an activating group) is 1. The second-order valence-corrected chi connectivity index (χ2v) is 9.83. The Morgan fingerprint density at radius 2 is 1.91 bits per heavy atom. The molecule has 2 atom stereocenters. The van der Waals surface area contributed by atoms with E-state index in [1.165, 1.54) is 34.6 Å². The SMILES string of the molecule is C[C@@H](C(N)=O)N(C(=O)[C@H](Cc1ccccc1)NS(=O)(=O)N1CCCN(C)CC1)n1ccnc1. The molecule has 11 nitrogen and oxygen atoms in total. The zero-order chi connectivity index (χ0) is 24.0. The van der Waals surface area contributed by atoms with E-state index in [4.69, 9.17) is 5.73 Å². The number of hydrogen-bond acceptors (Lipinski definition) is 6. The van der Waals surface area contributed by atoms with Crippen LogP contribution in [0.4, 0.5) is 0 Å². The molecule has 2 heterocycles. The maximum absolute atomic E-state index is 13.7. The molecule has 180 valence electrons. The van der Waals surface area contributed by atoms with Crippen LogP contribution in [0.2, 0.25) is 0 Å². The van der Waals surface area contributed by atoms with Crippen LogP contribution in [0.15, 0.2) is 49.1 Å². The number of nitrogens with zero attached hydrogens (tertiary/aromatic N) is 5. The molecule has 0 bridgehead atoms. The van der Waals surface area contributed by atoms with Crippen LogP contribution in [0.5, 0.6) is 0 Å². The summed E-state index contributed by atoms with van der Waals surface area (Å²) in [6.45, 7) is 3.55. The molecule has 1 aliphatic heterocycles. The molecule has 0 spiro atoms. The second-order valence-electron chi connectivity index (χ2n) is 8.12. The van der Waals surface area contributed by atoms with Gasteiger partial charge in [0, 0.05) is 32.0 Å². The molecular weight excluding hydrogens is 446 g/mol. The van der Waals surface area contributed by atoms with E-state index in [9.17, 15) is 18.0 Å². The standard InChI is InChI=1S/C21H31N7O4S/c1-17(20(22)29)28(26-12-9-23-16-26)21(30)19(15-18-7-4-3-5-8-18)24-33(31,32)27-11-6-10-25(2)13-14-27/h3-5,7-9,12,16-17,19,24H,6,10-11,13-15H2,1-2H3,(H2,22,29)/t17-,19-/m0/s1. The number of nitrogens with one attached hydrogen (secondary N) is 1. The average Bonchev–Trinajstić information content (AvgIpc) is 3.20. The Balaban J connectivity index is 1.92. The third-order valence-corrected chi connectivity index (χ3v) is 7.26. The third-order valence-electron chi connectivity index (χ3n) is 5.63. The monoisotopic (exact) mass is 477 g/mol. The summed E-state index contributed by atoms with van der Waals surface area (Å²) in [4.78, 5) is 31.7. The van der Waals surface area contributed by atoms with Gasteiger partial charge in [0.2, 0.25) is 5.91 Å². The Morgan fingerprint density at radius 3 is 2.55 bits per heavy atom. The molecule has 2 amide bonds. The minimum atomic E-state index is -3.97. The number of imidazole rings is 1. The lowest BCUT2D eigenvalue weighted by Crippen LogP contribution is -2.60. The largest absolute Gasteiger partial charge is 0.368 e. The molecule has 12 heteroatoms. The molecule has 0 saturated carbocycles. The first kappa shape index (κ1) is 24.8. The highest BCUT2D eigenvalue weighted by Gasteiger charge is 2.36. The van der Waals surface area contributed by atoms with Crippen molar-refractivity contribution in [2.24, 2.45) is 5.73 Å². The summed E-state index contributed by atoms with van der Waals surface area (Å²) in [5, 5.41) is 1.13. The maximum Gasteiger partial charge on any atom is 0.280 e. The van der Waals surface area contributed by atoms with E-state index >= 15 is 0 Å². The summed E-state index contributed by atoms with van der Waals surface area (Å²) in [6.07, 6.45) is 5.10. The molecule has 1 fully saturated rings. The van der Waals surface area contributed by atoms with Crippen molar-refractivity contribution in [1.29, 1.82) is 0 Å². The van der Waals surface area contributed by atoms with Crippen LogP contribution in [0.25, 0.3) is 0 Å². The first-order valence-electron chi connectivity index (χ1n) is 10.8. The van der Waals surface area contributed by atoms with Crippen LogP contribution < -0.4 is 15.5 Å². The lowest BCUT2D eigenvalue weighted by atomic mass is 10.1. The molecule has 1 aromatic carbocycles. The van der Waals surface area contributed by atoms with Crippen molar-refractivity contribution in [2.75, 3.05) is 38.2 Å². The fourth-order valence-electron chi connectivity index (χ4n) is 3.71. The Morgan fingerprint density at radius 1 is 1.18 bits per heavy atom. The van der Waals surface area contributed by atoms with Crippen molar-refractivity contribution in [3.63, 3.8) is 0 Å². The lowest BCUT2D eigenvalue weighted by Gasteiger charge is -2.32. The van der Waals surface area contributed by atoms with Crippen LogP contribution in [0, 0.1) is 0 Å². The van der Waals surface area contributed by atoms with E-state index in [1.807, 2.05) is 37.4 Å². The van der Waals surface area contributed by atoms with Crippen LogP contribution >= 0.6 is 0 Å². The summed E-state index contributed by atoms with van der Waals surface area (Å²) in [7, 11) is -2.03. The number of aromatic nitrogens is 2. The van der Waals surface area contributed by atoms with Gasteiger partial charge in [-0.2, -0.15) is 17.4 Å². The zero-order valence-electron chi connectivity index (χ0n) is 18.9. The van der Waals surface area contributed by atoms with Crippen molar-refractivity contribution in [3.05, 3.63) is 54.6 Å². The van der Waals surface area contributed by atoms with Crippen molar-refractivity contribution in [1.82, 2.24) is 23.6 Å². The van der Waals surface area contributed by atoms with E-state index in [2.05, 4.69) is 14.6 Å². The predicted molar refractivity (Wildman–Crippen MR) is 124 cm³/mol. The maximum atomic E-state index is 13.7. The van der Waals surface area contributed by atoms with Gasteiger partial charge in [0.05, 0.1) is 0 Å². The Hall–Kier alpha value is -2.80. The number of primary amides is 1. The smallest absolute Gasteiger partial charge is 0.280 e. The van der Waals surface area contributed by atoms with Gasteiger partial charge < -0.3 is 10.6 Å². The van der Waals surface area contributed by atoms with E-state index < -0.39 is 34.1 Å². The molecule has 1 saturated heterocycles. The number of hydrogen-bond donors (Lipinski definition) is 2. The summed E-state index contributed by atoms with van der Waals surface area (Å²) >= 11 is 0. The van der Waals surface area contributed by atoms with Crippen LogP contribution in [0.1, 0.15) is 18.9 Å². The molecule has 1 aliphatic rings. The van der Waals surface area contributed by atoms with Gasteiger partial charge in [-0.1, -0.05) is 30.3 Å². The van der Waals surface area contributed by atoms with Crippen molar-refractivity contribution in [2.45, 2.75) is 31.8 Å². The molecule has 0 radical (unpaired) electrons. The van der Waals surface area contributed by atoms with Crippen molar-refractivity contribution < 1.29 is 18.0 Å². The highest BCUT2D eigenvalue weighted by Crippen LogP contribution is 2.13. The molecule has 2 aromatic rings. The van der Waals surface area contributed by atoms with Gasteiger partial charge in [0.25, 0.3) is 16.1 Å². The number of benzene rings is 1. The fraction of sp³-hybridized carbons (Fsp3) is 0.476. The summed E-state index contributed by atoms with van der Waals surface area (Å²) in [5.41, 5.74) is 6.26. The second kappa shape index (κ2) is 10.9. The van der Waals surface area contributed by atoms with E-state index in [0.29, 0.717) is 26.1 Å². The number of amides is 2. The van der Waals surface area contributed by atoms with Gasteiger partial charge in [-0.25, -0.2) is 14.7 Å². The van der Waals surface area contributed by atoms with E-state index in [1.54, 1.807) is 0 Å². The zero-order valence-corrected chi connectivity index (χ0v) is 19.7. The molecule has 33 heavy (non-hydrogen) atoms. The van der Waals surface area contributed by atoms with Gasteiger partial charge >= 0.3 is 0 Å². The number of rotatable bonds is 9. The Bertz CT molecular complexity index is 1030. The van der Waals surface area contributed by atoms with Gasteiger partial charge in [-0.15, -0.1) is 0 Å². The normalized spacial score (nSPS) is 17.8. The molecule has 0 unspecified atom stereocenters. The topological polar surface area (TPSA) is 134 Å². The van der Waals surface area contributed by atoms with Crippen LogP contribution in [-0.4, -0.2) is 84.4 Å². The minimum absolute atomic E-state index is 0.101. The van der Waals surface area contributed by atoms with Crippen molar-refractivity contribution in [3.8, 4) is 0 Å². The quantitative estimate of drug-likeness (QED) is 0.491. The fourth-order valence-corrected chi connectivity index (χ4v) is 5.10. The van der Waals surface area contributed by atoms with Crippen molar-refractivity contribution >= 4 is 22.0 Å². The molecule has 3 rings (SSSR count). The summed E-state index contributed by atoms with van der Waals surface area (Å²) < 4.78 is 31.8. The Kier molecular flexibility index (Phi) is 8.19. The summed E-state index contributed by atoms with van der Waals surface area (Å²) in [6, 6.07) is 6.91. The first-order valence-corrected chi connectivity index (χ1v) is 12.2. The van der Waals surface area contributed by atoms with E-state index in [-0.39, 0.29) is 6.42 Å². The predicted octanol–water partition coefficient (Wildman–Crippen LogP) is -0.695. The van der Waals surface area contributed by atoms with Crippen LogP contribution in [0.3, 0.4) is 0 Å². The van der Waals surface area contributed by atoms with Gasteiger partial charge in [-0.05, 0) is 38.9 Å². The average molecular weight is 478 g/mol. The Labute approximate surface area is 194 Å². The lowest BCUT2D eigenvalue weighted by molar-refractivity contribution is -0.126. The highest BCUT2D eigenvalue weighted by atomic mass is 32.2. The molecule has 1 aromatic heterocycles. The molecule has 0 aliphatic carbocycles. The molecular formula is C21H31N7O4S. The summed E-state index contributed by atoms with van der Waals surface area (Å²) in [5.74, 6) is -1.34. The third kappa shape index (κ3) is 6.38. The number of nitrogens with two attached hydrogens (primary N) is 1. The minimum Gasteiger partial charge on any atom is -0.368 e. The molecule has 3 N–H and O–H groups in total. The van der Waals surface area contributed by atoms with Gasteiger partial charge in [0.15, 0.2) is 0 Å². The first-order chi connectivity index (χ1) is 15.7. The number of carbonyl (C=O) groups is 2. The van der Waals surface area contributed by atoms with Crippen LogP contribution in [-0.2, 0) is 26.2 Å². The highest BCUT2D eigenvalue weighted by molar-refractivity contribution is 7.87.